The van der Waals surface area contributed by atoms with E-state index in [0.29, 0.717) is 0 Å². The van der Waals surface area contributed by atoms with Crippen LogP contribution in [0.3, 0.4) is 0 Å². The lowest BCUT2D eigenvalue weighted by Gasteiger charge is -2.27. The number of aromatic amines is 1. The van der Waals surface area contributed by atoms with E-state index in [2.05, 4.69) is 110 Å². The van der Waals surface area contributed by atoms with Crippen LogP contribution in [0.4, 0.5) is 0 Å². The number of fused-ring (bicyclic) bond motifs is 4. The molecular weight excluding hydrogens is 398 g/mol. The summed E-state index contributed by atoms with van der Waals surface area (Å²) >= 11 is 0. The molecule has 0 atom stereocenters. The van der Waals surface area contributed by atoms with E-state index in [0.717, 1.165) is 0 Å². The third-order valence-electron chi connectivity index (χ3n) is 7.13. The van der Waals surface area contributed by atoms with Gasteiger partial charge >= 0.3 is 0 Å². The Kier molecular flexibility index (Phi) is 4.76. The molecular formula is C32H35N. The van der Waals surface area contributed by atoms with Crippen LogP contribution in [0.25, 0.3) is 43.7 Å². The molecule has 0 amide bonds. The summed E-state index contributed by atoms with van der Waals surface area (Å²) in [6, 6.07) is 16.2. The van der Waals surface area contributed by atoms with Crippen LogP contribution in [0.15, 0.2) is 42.5 Å². The van der Waals surface area contributed by atoms with Crippen LogP contribution in [0.2, 0.25) is 0 Å². The monoisotopic (exact) mass is 433 g/mol. The molecule has 0 unspecified atom stereocenters. The van der Waals surface area contributed by atoms with Gasteiger partial charge < -0.3 is 4.98 Å². The van der Waals surface area contributed by atoms with Gasteiger partial charge in [-0.2, -0.15) is 0 Å². The standard InChI is InChI=1S/C32H35N/c1-17-10-11-25-23(15-17)28-30(32(7,8)9)24-16-19(3)14-22(6)27(24)29(31(28)33-25)26-20(4)12-18(2)13-21(26)5/h10-16,33H,1-9H3. The maximum Gasteiger partial charge on any atom is 0.0554 e. The first-order valence-electron chi connectivity index (χ1n) is 12.0. The molecule has 0 fully saturated rings. The van der Waals surface area contributed by atoms with E-state index in [1.165, 1.54) is 82.6 Å². The van der Waals surface area contributed by atoms with Crippen LogP contribution in [0, 0.1) is 41.5 Å². The summed E-state index contributed by atoms with van der Waals surface area (Å²) in [5, 5.41) is 5.49. The SMILES string of the molecule is Cc1cc(C)c(-c2c3[nH]c4ccc(C)cc4c3c(C(C)(C)C)c3cc(C)cc(C)c23)c(C)c1. The molecule has 0 aliphatic carbocycles. The molecule has 1 nitrogen and oxygen atoms in total. The molecule has 1 aromatic heterocycles. The van der Waals surface area contributed by atoms with Crippen LogP contribution in [-0.4, -0.2) is 4.98 Å². The number of benzene rings is 4. The van der Waals surface area contributed by atoms with Gasteiger partial charge in [0, 0.05) is 21.9 Å². The van der Waals surface area contributed by atoms with E-state index in [1.807, 2.05) is 0 Å². The second kappa shape index (κ2) is 7.22. The highest BCUT2D eigenvalue weighted by atomic mass is 14.7. The molecule has 1 heterocycles. The Labute approximate surface area is 197 Å². The summed E-state index contributed by atoms with van der Waals surface area (Å²) in [6.45, 7) is 20.5. The van der Waals surface area contributed by atoms with Gasteiger partial charge in [0.15, 0.2) is 0 Å². The van der Waals surface area contributed by atoms with Crippen molar-refractivity contribution in [1.82, 2.24) is 4.98 Å². The lowest BCUT2D eigenvalue weighted by molar-refractivity contribution is 0.601. The summed E-state index contributed by atoms with van der Waals surface area (Å²) in [4.78, 5) is 3.89. The van der Waals surface area contributed by atoms with Gasteiger partial charge in [-0.05, 0) is 97.7 Å². The van der Waals surface area contributed by atoms with E-state index in [4.69, 9.17) is 0 Å². The van der Waals surface area contributed by atoms with E-state index in [9.17, 15) is 0 Å². The Hall–Kier alpha value is -3.06. The van der Waals surface area contributed by atoms with Crippen molar-refractivity contribution in [3.63, 3.8) is 0 Å². The van der Waals surface area contributed by atoms with Crippen LogP contribution < -0.4 is 0 Å². The average molecular weight is 434 g/mol. The zero-order valence-electron chi connectivity index (χ0n) is 21.5. The van der Waals surface area contributed by atoms with E-state index in [1.54, 1.807) is 0 Å². The average Bonchev–Trinajstić information content (AvgIpc) is 3.03. The van der Waals surface area contributed by atoms with Gasteiger partial charge in [0.2, 0.25) is 0 Å². The Morgan fingerprint density at radius 1 is 0.576 bits per heavy atom. The Balaban J connectivity index is 2.18. The number of rotatable bonds is 1. The van der Waals surface area contributed by atoms with Crippen LogP contribution in [-0.2, 0) is 5.41 Å². The molecule has 0 saturated carbocycles. The predicted octanol–water partition coefficient (Wildman–Crippen LogP) is 9.29. The third-order valence-corrected chi connectivity index (χ3v) is 7.13. The molecule has 5 rings (SSSR count). The van der Waals surface area contributed by atoms with Gasteiger partial charge in [-0.25, -0.2) is 0 Å². The summed E-state index contributed by atoms with van der Waals surface area (Å²) in [5.41, 5.74) is 14.6. The van der Waals surface area contributed by atoms with Gasteiger partial charge in [0.1, 0.15) is 0 Å². The van der Waals surface area contributed by atoms with Crippen molar-refractivity contribution >= 4 is 32.6 Å². The molecule has 0 aliphatic heterocycles. The number of hydrogen-bond acceptors (Lipinski definition) is 0. The molecule has 0 aliphatic rings. The fourth-order valence-electron chi connectivity index (χ4n) is 6.11. The van der Waals surface area contributed by atoms with Crippen LogP contribution in [0.5, 0.6) is 0 Å². The number of aryl methyl sites for hydroxylation is 6. The summed E-state index contributed by atoms with van der Waals surface area (Å²) in [5.74, 6) is 0. The Morgan fingerprint density at radius 2 is 1.15 bits per heavy atom. The fraction of sp³-hybridized carbons (Fsp3) is 0.312. The summed E-state index contributed by atoms with van der Waals surface area (Å²) in [7, 11) is 0. The van der Waals surface area contributed by atoms with E-state index >= 15 is 0 Å². The minimum absolute atomic E-state index is 0.00545. The first kappa shape index (κ1) is 21.8. The highest BCUT2D eigenvalue weighted by Crippen LogP contribution is 2.48. The zero-order valence-corrected chi connectivity index (χ0v) is 21.5. The van der Waals surface area contributed by atoms with Crippen molar-refractivity contribution in [3.8, 4) is 11.1 Å². The van der Waals surface area contributed by atoms with Gasteiger partial charge in [0.05, 0.1) is 5.52 Å². The largest absolute Gasteiger partial charge is 0.354 e. The van der Waals surface area contributed by atoms with Crippen molar-refractivity contribution in [2.75, 3.05) is 0 Å². The smallest absolute Gasteiger partial charge is 0.0554 e. The zero-order chi connectivity index (χ0) is 23.8. The number of aromatic nitrogens is 1. The van der Waals surface area contributed by atoms with E-state index in [-0.39, 0.29) is 5.41 Å². The quantitative estimate of drug-likeness (QED) is 0.271. The topological polar surface area (TPSA) is 15.8 Å². The molecule has 5 aromatic rings. The third kappa shape index (κ3) is 3.29. The second-order valence-corrected chi connectivity index (χ2v) is 11.2. The highest BCUT2D eigenvalue weighted by molar-refractivity contribution is 6.23. The van der Waals surface area contributed by atoms with Gasteiger partial charge in [-0.1, -0.05) is 67.8 Å². The molecule has 0 radical (unpaired) electrons. The molecule has 33 heavy (non-hydrogen) atoms. The minimum atomic E-state index is 0.00545. The maximum atomic E-state index is 3.89. The second-order valence-electron chi connectivity index (χ2n) is 11.2. The molecule has 0 bridgehead atoms. The number of hydrogen-bond donors (Lipinski definition) is 1. The van der Waals surface area contributed by atoms with Gasteiger partial charge in [-0.15, -0.1) is 0 Å². The van der Waals surface area contributed by atoms with E-state index < -0.39 is 0 Å². The number of H-pyrrole nitrogens is 1. The summed E-state index contributed by atoms with van der Waals surface area (Å²) in [6.07, 6.45) is 0. The number of nitrogens with one attached hydrogen (secondary N) is 1. The molecule has 4 aromatic carbocycles. The minimum Gasteiger partial charge on any atom is -0.354 e. The van der Waals surface area contributed by atoms with Gasteiger partial charge in [0.25, 0.3) is 0 Å². The van der Waals surface area contributed by atoms with Crippen LogP contribution >= 0.6 is 0 Å². The molecule has 1 N–H and O–H groups in total. The summed E-state index contributed by atoms with van der Waals surface area (Å²) < 4.78 is 0. The molecule has 168 valence electrons. The lowest BCUT2D eigenvalue weighted by Crippen LogP contribution is -2.13. The van der Waals surface area contributed by atoms with Crippen molar-refractivity contribution in [3.05, 3.63) is 81.4 Å². The van der Waals surface area contributed by atoms with Crippen molar-refractivity contribution in [2.45, 2.75) is 67.7 Å². The normalized spacial score (nSPS) is 12.4. The fourth-order valence-corrected chi connectivity index (χ4v) is 6.11. The van der Waals surface area contributed by atoms with Crippen molar-refractivity contribution in [2.24, 2.45) is 0 Å². The molecule has 0 spiro atoms. The van der Waals surface area contributed by atoms with Crippen LogP contribution in [0.1, 0.15) is 59.7 Å². The predicted molar refractivity (Wildman–Crippen MR) is 146 cm³/mol. The first-order valence-corrected chi connectivity index (χ1v) is 12.0. The molecule has 1 heteroatoms. The highest BCUT2D eigenvalue weighted by Gasteiger charge is 2.28. The lowest BCUT2D eigenvalue weighted by atomic mass is 9.77. The molecule has 0 saturated heterocycles. The maximum absolute atomic E-state index is 3.89. The van der Waals surface area contributed by atoms with Crippen molar-refractivity contribution < 1.29 is 0 Å². The van der Waals surface area contributed by atoms with Crippen molar-refractivity contribution in [1.29, 1.82) is 0 Å². The Morgan fingerprint density at radius 3 is 1.79 bits per heavy atom. The Bertz CT molecular complexity index is 1560. The van der Waals surface area contributed by atoms with Gasteiger partial charge in [-0.3, -0.25) is 0 Å². The first-order chi connectivity index (χ1) is 15.5.